The average Bonchev–Trinajstić information content (AvgIpc) is 3.24. The van der Waals surface area contributed by atoms with Gasteiger partial charge in [0.05, 0.1) is 0 Å². The molecular weight excluding hydrogens is 208 g/mol. The lowest BCUT2D eigenvalue weighted by Gasteiger charge is -2.19. The first-order valence-corrected chi connectivity index (χ1v) is 6.74. The Kier molecular flexibility index (Phi) is 1.99. The second kappa shape index (κ2) is 3.52. The van der Waals surface area contributed by atoms with Crippen LogP contribution in [-0.2, 0) is 0 Å². The summed E-state index contributed by atoms with van der Waals surface area (Å²) in [4.78, 5) is 3.24. The van der Waals surface area contributed by atoms with Crippen LogP contribution in [0, 0.1) is 11.8 Å². The van der Waals surface area contributed by atoms with E-state index >= 15 is 0 Å². The summed E-state index contributed by atoms with van der Waals surface area (Å²) < 4.78 is 0. The monoisotopic (exact) mass is 226 g/mol. The SMILES string of the molecule is c1cc2cc(NC(C3CC3)C3CC3)ccc2[nH]1. The van der Waals surface area contributed by atoms with Gasteiger partial charge in [0.25, 0.3) is 0 Å². The highest BCUT2D eigenvalue weighted by molar-refractivity contribution is 5.83. The van der Waals surface area contributed by atoms with Crippen LogP contribution in [-0.4, -0.2) is 11.0 Å². The molecule has 4 rings (SSSR count). The van der Waals surface area contributed by atoms with Crippen molar-refractivity contribution in [2.24, 2.45) is 11.8 Å². The number of anilines is 1. The molecule has 2 aromatic rings. The molecule has 2 fully saturated rings. The van der Waals surface area contributed by atoms with Crippen molar-refractivity contribution in [1.29, 1.82) is 0 Å². The van der Waals surface area contributed by atoms with Crippen LogP contribution in [0.3, 0.4) is 0 Å². The van der Waals surface area contributed by atoms with Gasteiger partial charge in [0, 0.05) is 28.8 Å². The van der Waals surface area contributed by atoms with Crippen molar-refractivity contribution < 1.29 is 0 Å². The summed E-state index contributed by atoms with van der Waals surface area (Å²) in [5.74, 6) is 1.90. The molecule has 1 heterocycles. The zero-order valence-electron chi connectivity index (χ0n) is 9.95. The van der Waals surface area contributed by atoms with Gasteiger partial charge in [-0.15, -0.1) is 0 Å². The molecule has 2 aliphatic rings. The Labute approximate surface area is 101 Å². The van der Waals surface area contributed by atoms with Gasteiger partial charge in [-0.2, -0.15) is 0 Å². The molecule has 0 atom stereocenters. The van der Waals surface area contributed by atoms with Crippen LogP contribution in [0.25, 0.3) is 10.9 Å². The van der Waals surface area contributed by atoms with Crippen molar-refractivity contribution in [2.75, 3.05) is 5.32 Å². The first kappa shape index (κ1) is 9.58. The Hall–Kier alpha value is -1.44. The van der Waals surface area contributed by atoms with Gasteiger partial charge >= 0.3 is 0 Å². The molecule has 2 heteroatoms. The number of aromatic nitrogens is 1. The molecule has 0 bridgehead atoms. The number of rotatable bonds is 4. The van der Waals surface area contributed by atoms with Gasteiger partial charge in [0.2, 0.25) is 0 Å². The second-order valence-corrected chi connectivity index (χ2v) is 5.62. The van der Waals surface area contributed by atoms with Crippen molar-refractivity contribution in [2.45, 2.75) is 31.7 Å². The van der Waals surface area contributed by atoms with E-state index in [-0.39, 0.29) is 0 Å². The van der Waals surface area contributed by atoms with Gasteiger partial charge in [-0.3, -0.25) is 0 Å². The highest BCUT2D eigenvalue weighted by atomic mass is 15.0. The van der Waals surface area contributed by atoms with E-state index in [0.29, 0.717) is 0 Å². The van der Waals surface area contributed by atoms with E-state index in [0.717, 1.165) is 17.9 Å². The Morgan fingerprint density at radius 3 is 2.53 bits per heavy atom. The average molecular weight is 226 g/mol. The van der Waals surface area contributed by atoms with Gasteiger partial charge in [-0.25, -0.2) is 0 Å². The Balaban J connectivity index is 1.59. The lowest BCUT2D eigenvalue weighted by atomic mass is 10.1. The quantitative estimate of drug-likeness (QED) is 0.816. The van der Waals surface area contributed by atoms with E-state index in [1.165, 1.54) is 42.3 Å². The molecule has 0 unspecified atom stereocenters. The molecule has 1 aromatic heterocycles. The zero-order valence-corrected chi connectivity index (χ0v) is 9.95. The van der Waals surface area contributed by atoms with Gasteiger partial charge in [0.15, 0.2) is 0 Å². The van der Waals surface area contributed by atoms with Crippen LogP contribution < -0.4 is 5.32 Å². The van der Waals surface area contributed by atoms with E-state index in [9.17, 15) is 0 Å². The highest BCUT2D eigenvalue weighted by Gasteiger charge is 2.41. The maximum atomic E-state index is 3.77. The number of hydrogen-bond acceptors (Lipinski definition) is 1. The first-order valence-electron chi connectivity index (χ1n) is 6.74. The molecule has 88 valence electrons. The summed E-state index contributed by atoms with van der Waals surface area (Å²) in [7, 11) is 0. The smallest absolute Gasteiger partial charge is 0.0455 e. The van der Waals surface area contributed by atoms with Crippen LogP contribution in [0.5, 0.6) is 0 Å². The molecule has 0 spiro atoms. The van der Waals surface area contributed by atoms with E-state index < -0.39 is 0 Å². The van der Waals surface area contributed by atoms with Crippen LogP contribution in [0.1, 0.15) is 25.7 Å². The third kappa shape index (κ3) is 1.82. The van der Waals surface area contributed by atoms with Gasteiger partial charge in [-0.05, 0) is 61.8 Å². The largest absolute Gasteiger partial charge is 0.382 e. The van der Waals surface area contributed by atoms with E-state index in [1.807, 2.05) is 6.20 Å². The Morgan fingerprint density at radius 2 is 1.82 bits per heavy atom. The normalized spacial score (nSPS) is 20.1. The van der Waals surface area contributed by atoms with E-state index in [2.05, 4.69) is 34.6 Å². The summed E-state index contributed by atoms with van der Waals surface area (Å²) in [6.07, 6.45) is 7.73. The van der Waals surface area contributed by atoms with Gasteiger partial charge < -0.3 is 10.3 Å². The third-order valence-electron chi connectivity index (χ3n) is 4.15. The molecule has 2 saturated carbocycles. The summed E-state index contributed by atoms with van der Waals surface area (Å²) in [5.41, 5.74) is 2.52. The van der Waals surface area contributed by atoms with Crippen LogP contribution in [0.2, 0.25) is 0 Å². The van der Waals surface area contributed by atoms with Crippen LogP contribution >= 0.6 is 0 Å². The number of H-pyrrole nitrogens is 1. The molecule has 17 heavy (non-hydrogen) atoms. The van der Waals surface area contributed by atoms with Gasteiger partial charge in [-0.1, -0.05) is 0 Å². The lowest BCUT2D eigenvalue weighted by molar-refractivity contribution is 0.568. The molecule has 0 amide bonds. The van der Waals surface area contributed by atoms with Crippen molar-refractivity contribution >= 4 is 16.6 Å². The summed E-state index contributed by atoms with van der Waals surface area (Å²) in [5, 5.41) is 5.08. The lowest BCUT2D eigenvalue weighted by Crippen LogP contribution is -2.24. The number of nitrogens with one attached hydrogen (secondary N) is 2. The fraction of sp³-hybridized carbons (Fsp3) is 0.467. The molecule has 2 aliphatic carbocycles. The minimum absolute atomic E-state index is 0.742. The maximum absolute atomic E-state index is 3.77. The molecule has 2 nitrogen and oxygen atoms in total. The fourth-order valence-corrected chi connectivity index (χ4v) is 2.87. The molecule has 0 aliphatic heterocycles. The number of aromatic amines is 1. The second-order valence-electron chi connectivity index (χ2n) is 5.62. The van der Waals surface area contributed by atoms with Crippen molar-refractivity contribution in [1.82, 2.24) is 4.98 Å². The molecular formula is C15H18N2. The predicted molar refractivity (Wildman–Crippen MR) is 71.2 cm³/mol. The fourth-order valence-electron chi connectivity index (χ4n) is 2.87. The molecule has 0 radical (unpaired) electrons. The Morgan fingerprint density at radius 1 is 1.06 bits per heavy atom. The maximum Gasteiger partial charge on any atom is 0.0455 e. The topological polar surface area (TPSA) is 27.8 Å². The van der Waals surface area contributed by atoms with Gasteiger partial charge in [0.1, 0.15) is 0 Å². The van der Waals surface area contributed by atoms with Crippen LogP contribution in [0.4, 0.5) is 5.69 Å². The number of hydrogen-bond donors (Lipinski definition) is 2. The molecule has 0 saturated heterocycles. The summed E-state index contributed by atoms with van der Waals surface area (Å²) in [6.45, 7) is 0. The van der Waals surface area contributed by atoms with E-state index in [4.69, 9.17) is 0 Å². The molecule has 1 aromatic carbocycles. The number of benzene rings is 1. The molecule has 2 N–H and O–H groups in total. The van der Waals surface area contributed by atoms with Crippen molar-refractivity contribution in [3.63, 3.8) is 0 Å². The first-order chi connectivity index (χ1) is 8.40. The minimum Gasteiger partial charge on any atom is -0.382 e. The van der Waals surface area contributed by atoms with Crippen molar-refractivity contribution in [3.8, 4) is 0 Å². The highest BCUT2D eigenvalue weighted by Crippen LogP contribution is 2.45. The summed E-state index contributed by atoms with van der Waals surface area (Å²) in [6, 6.07) is 9.53. The predicted octanol–water partition coefficient (Wildman–Crippen LogP) is 3.77. The zero-order chi connectivity index (χ0) is 11.2. The third-order valence-corrected chi connectivity index (χ3v) is 4.15. The standard InChI is InChI=1S/C15H18N2/c1-2-10(1)15(11-3-4-11)17-13-5-6-14-12(9-13)7-8-16-14/h5-11,15-17H,1-4H2. The van der Waals surface area contributed by atoms with E-state index in [1.54, 1.807) is 0 Å². The Bertz CT molecular complexity index is 523. The summed E-state index contributed by atoms with van der Waals surface area (Å²) >= 11 is 0. The minimum atomic E-state index is 0.742. The van der Waals surface area contributed by atoms with Crippen molar-refractivity contribution in [3.05, 3.63) is 30.5 Å². The number of fused-ring (bicyclic) bond motifs is 1. The van der Waals surface area contributed by atoms with Crippen LogP contribution in [0.15, 0.2) is 30.5 Å².